The van der Waals surface area contributed by atoms with Gasteiger partial charge in [-0.25, -0.2) is 4.79 Å². The molecule has 0 heterocycles. The molecular formula is C15H10ClF3O3. The fraction of sp³-hybridized carbons (Fsp3) is 0.133. The average Bonchev–Trinajstić information content (AvgIpc) is 2.46. The normalized spacial score (nSPS) is 13.0. The van der Waals surface area contributed by atoms with Crippen molar-refractivity contribution >= 4 is 17.6 Å². The van der Waals surface area contributed by atoms with Gasteiger partial charge in [0.1, 0.15) is 0 Å². The van der Waals surface area contributed by atoms with Crippen LogP contribution in [0.15, 0.2) is 42.5 Å². The first-order chi connectivity index (χ1) is 10.2. The van der Waals surface area contributed by atoms with Gasteiger partial charge in [-0.05, 0) is 35.4 Å². The Morgan fingerprint density at radius 3 is 2.09 bits per heavy atom. The van der Waals surface area contributed by atoms with Crippen LogP contribution in [0.25, 0.3) is 11.1 Å². The summed E-state index contributed by atoms with van der Waals surface area (Å²) >= 11 is 5.84. The Morgan fingerprint density at radius 2 is 1.59 bits per heavy atom. The van der Waals surface area contributed by atoms with Gasteiger partial charge >= 0.3 is 12.1 Å². The maximum atomic E-state index is 12.5. The Kier molecular flexibility index (Phi) is 4.44. The van der Waals surface area contributed by atoms with Gasteiger partial charge in [0.15, 0.2) is 6.10 Å². The second-order valence-electron chi connectivity index (χ2n) is 4.55. The van der Waals surface area contributed by atoms with Crippen molar-refractivity contribution in [3.63, 3.8) is 0 Å². The molecule has 0 aliphatic heterocycles. The molecule has 0 radical (unpaired) electrons. The van der Waals surface area contributed by atoms with Crippen LogP contribution in [0.5, 0.6) is 0 Å². The highest BCUT2D eigenvalue weighted by Gasteiger charge is 2.30. The predicted octanol–water partition coefficient (Wildman–Crippen LogP) is 4.14. The van der Waals surface area contributed by atoms with Gasteiger partial charge in [0.25, 0.3) is 0 Å². The number of aliphatic hydroxyl groups is 1. The van der Waals surface area contributed by atoms with E-state index in [9.17, 15) is 23.1 Å². The predicted molar refractivity (Wildman–Crippen MR) is 74.5 cm³/mol. The fourth-order valence-electron chi connectivity index (χ4n) is 1.92. The first-order valence-corrected chi connectivity index (χ1v) is 6.46. The number of alkyl halides is 3. The third-order valence-corrected chi connectivity index (χ3v) is 3.41. The van der Waals surface area contributed by atoms with E-state index < -0.39 is 23.8 Å². The minimum Gasteiger partial charge on any atom is -0.479 e. The van der Waals surface area contributed by atoms with E-state index in [0.29, 0.717) is 11.1 Å². The second kappa shape index (κ2) is 5.98. The minimum atomic E-state index is -4.43. The van der Waals surface area contributed by atoms with Crippen LogP contribution < -0.4 is 0 Å². The second-order valence-corrected chi connectivity index (χ2v) is 4.96. The molecule has 2 aromatic rings. The summed E-state index contributed by atoms with van der Waals surface area (Å²) < 4.78 is 37.6. The topological polar surface area (TPSA) is 57.5 Å². The summed E-state index contributed by atoms with van der Waals surface area (Å²) in [6, 6.07) is 8.64. The summed E-state index contributed by atoms with van der Waals surface area (Å²) in [5.74, 6) is -1.47. The van der Waals surface area contributed by atoms with E-state index in [-0.39, 0.29) is 10.6 Å². The van der Waals surface area contributed by atoms with Crippen molar-refractivity contribution in [1.82, 2.24) is 0 Å². The van der Waals surface area contributed by atoms with Gasteiger partial charge < -0.3 is 10.2 Å². The smallest absolute Gasteiger partial charge is 0.416 e. The Morgan fingerprint density at radius 1 is 1.05 bits per heavy atom. The number of aliphatic hydroxyl groups excluding tert-OH is 1. The Hall–Kier alpha value is -2.05. The van der Waals surface area contributed by atoms with Crippen LogP contribution in [-0.2, 0) is 11.0 Å². The number of halogens is 4. The summed E-state index contributed by atoms with van der Waals surface area (Å²) in [7, 11) is 0. The zero-order valence-corrected chi connectivity index (χ0v) is 11.7. The zero-order valence-electron chi connectivity index (χ0n) is 10.9. The minimum absolute atomic E-state index is 0.0217. The van der Waals surface area contributed by atoms with E-state index in [4.69, 9.17) is 16.7 Å². The molecule has 0 saturated heterocycles. The molecule has 1 atom stereocenters. The van der Waals surface area contributed by atoms with E-state index in [1.54, 1.807) is 0 Å². The molecule has 3 nitrogen and oxygen atoms in total. The van der Waals surface area contributed by atoms with E-state index in [2.05, 4.69) is 0 Å². The molecule has 2 N–H and O–H groups in total. The zero-order chi connectivity index (χ0) is 16.5. The third kappa shape index (κ3) is 3.40. The van der Waals surface area contributed by atoms with Gasteiger partial charge in [0.2, 0.25) is 0 Å². The van der Waals surface area contributed by atoms with E-state index in [0.717, 1.165) is 12.1 Å². The maximum Gasteiger partial charge on any atom is 0.416 e. The molecule has 0 saturated carbocycles. The van der Waals surface area contributed by atoms with Crippen LogP contribution in [0.2, 0.25) is 5.02 Å². The van der Waals surface area contributed by atoms with Crippen LogP contribution in [0.1, 0.15) is 17.2 Å². The Bertz CT molecular complexity index is 696. The van der Waals surface area contributed by atoms with Crippen molar-refractivity contribution in [3.05, 3.63) is 58.6 Å². The Balaban J connectivity index is 2.41. The molecule has 0 amide bonds. The molecule has 0 bridgehead atoms. The highest BCUT2D eigenvalue weighted by molar-refractivity contribution is 6.31. The van der Waals surface area contributed by atoms with Crippen LogP contribution in [0.4, 0.5) is 13.2 Å². The van der Waals surface area contributed by atoms with Crippen molar-refractivity contribution in [2.75, 3.05) is 0 Å². The van der Waals surface area contributed by atoms with Crippen LogP contribution in [0.3, 0.4) is 0 Å². The van der Waals surface area contributed by atoms with E-state index in [1.165, 1.54) is 30.3 Å². The summed E-state index contributed by atoms with van der Waals surface area (Å²) in [6.45, 7) is 0. The molecule has 7 heteroatoms. The number of aliphatic carboxylic acids is 1. The lowest BCUT2D eigenvalue weighted by Crippen LogP contribution is -2.11. The van der Waals surface area contributed by atoms with E-state index >= 15 is 0 Å². The number of carbonyl (C=O) groups is 1. The Labute approximate surface area is 128 Å². The monoisotopic (exact) mass is 330 g/mol. The number of rotatable bonds is 3. The maximum absolute atomic E-state index is 12.5. The summed E-state index contributed by atoms with van der Waals surface area (Å²) in [5, 5.41) is 18.4. The first-order valence-electron chi connectivity index (χ1n) is 6.08. The molecule has 116 valence electrons. The quantitative estimate of drug-likeness (QED) is 0.889. The van der Waals surface area contributed by atoms with Crippen molar-refractivity contribution in [2.45, 2.75) is 12.3 Å². The van der Waals surface area contributed by atoms with Gasteiger partial charge in [-0.3, -0.25) is 0 Å². The third-order valence-electron chi connectivity index (χ3n) is 3.07. The van der Waals surface area contributed by atoms with Gasteiger partial charge in [0.05, 0.1) is 5.56 Å². The van der Waals surface area contributed by atoms with Crippen LogP contribution in [-0.4, -0.2) is 16.2 Å². The average molecular weight is 331 g/mol. The molecule has 0 aliphatic carbocycles. The van der Waals surface area contributed by atoms with Crippen molar-refractivity contribution in [2.24, 2.45) is 0 Å². The first kappa shape index (κ1) is 16.3. The molecule has 1 unspecified atom stereocenters. The molecule has 0 aromatic heterocycles. The fourth-order valence-corrected chi connectivity index (χ4v) is 2.14. The summed E-state index contributed by atoms with van der Waals surface area (Å²) in [6.07, 6.45) is -6.23. The molecule has 22 heavy (non-hydrogen) atoms. The number of carboxylic acids is 1. The van der Waals surface area contributed by atoms with Gasteiger partial charge in [-0.15, -0.1) is 0 Å². The molecule has 2 aromatic carbocycles. The molecule has 0 fully saturated rings. The molecular weight excluding hydrogens is 321 g/mol. The highest BCUT2D eigenvalue weighted by atomic mass is 35.5. The lowest BCUT2D eigenvalue weighted by molar-refractivity contribution is -0.147. The van der Waals surface area contributed by atoms with Crippen molar-refractivity contribution in [1.29, 1.82) is 0 Å². The van der Waals surface area contributed by atoms with E-state index in [1.807, 2.05) is 0 Å². The molecule has 2 rings (SSSR count). The van der Waals surface area contributed by atoms with Crippen LogP contribution >= 0.6 is 11.6 Å². The van der Waals surface area contributed by atoms with Gasteiger partial charge in [-0.2, -0.15) is 13.2 Å². The lowest BCUT2D eigenvalue weighted by Gasteiger charge is -2.12. The summed E-state index contributed by atoms with van der Waals surface area (Å²) in [5.41, 5.74) is 0.0968. The highest BCUT2D eigenvalue weighted by Crippen LogP contribution is 2.33. The molecule has 0 aliphatic rings. The molecule has 0 spiro atoms. The van der Waals surface area contributed by atoms with Gasteiger partial charge in [0, 0.05) is 10.6 Å². The summed E-state index contributed by atoms with van der Waals surface area (Å²) in [4.78, 5) is 10.8. The van der Waals surface area contributed by atoms with Crippen LogP contribution in [0, 0.1) is 0 Å². The standard InChI is InChI=1S/C15H10ClF3O3/c16-12-6-3-9(7-11(12)13(20)14(21)22)8-1-4-10(5-2-8)15(17,18)19/h1-7,13,20H,(H,21,22). The number of hydrogen-bond acceptors (Lipinski definition) is 2. The van der Waals surface area contributed by atoms with Gasteiger partial charge in [-0.1, -0.05) is 29.8 Å². The number of hydrogen-bond donors (Lipinski definition) is 2. The van der Waals surface area contributed by atoms with Crippen molar-refractivity contribution < 1.29 is 28.2 Å². The SMILES string of the molecule is O=C(O)C(O)c1cc(-c2ccc(C(F)(F)F)cc2)ccc1Cl. The van der Waals surface area contributed by atoms with Crippen molar-refractivity contribution in [3.8, 4) is 11.1 Å². The lowest BCUT2D eigenvalue weighted by atomic mass is 9.99. The largest absolute Gasteiger partial charge is 0.479 e. The number of carboxylic acid groups (broad SMARTS) is 1. The number of benzene rings is 2.